The zero-order valence-corrected chi connectivity index (χ0v) is 8.73. The number of ketones is 1. The van der Waals surface area contributed by atoms with E-state index in [9.17, 15) is 4.79 Å². The molecule has 0 bridgehead atoms. The quantitative estimate of drug-likeness (QED) is 0.699. The molecule has 15 heavy (non-hydrogen) atoms. The van der Waals surface area contributed by atoms with Crippen LogP contribution in [0.4, 0.5) is 0 Å². The van der Waals surface area contributed by atoms with E-state index in [1.165, 1.54) is 5.56 Å². The molecule has 0 N–H and O–H groups in total. The number of hydrogen-bond acceptors (Lipinski definition) is 2. The Bertz CT molecular complexity index is 358. The Balaban J connectivity index is 2.20. The van der Waals surface area contributed by atoms with Crippen LogP contribution in [0.1, 0.15) is 18.0 Å². The number of benzene rings is 1. The second-order valence-corrected chi connectivity index (χ2v) is 3.89. The van der Waals surface area contributed by atoms with Crippen molar-refractivity contribution in [1.29, 1.82) is 0 Å². The summed E-state index contributed by atoms with van der Waals surface area (Å²) in [6.45, 7) is 5.07. The third kappa shape index (κ3) is 2.16. The van der Waals surface area contributed by atoms with Gasteiger partial charge in [0.2, 0.25) is 0 Å². The van der Waals surface area contributed by atoms with Crippen molar-refractivity contribution >= 4 is 5.78 Å². The molecule has 0 aliphatic carbocycles. The van der Waals surface area contributed by atoms with Gasteiger partial charge in [0.25, 0.3) is 0 Å². The summed E-state index contributed by atoms with van der Waals surface area (Å²) in [4.78, 5) is 13.6. The van der Waals surface area contributed by atoms with Gasteiger partial charge in [0.1, 0.15) is 5.78 Å². The molecule has 0 saturated carbocycles. The Morgan fingerprint density at radius 2 is 2.13 bits per heavy atom. The molecular formula is C13H15NO. The highest BCUT2D eigenvalue weighted by molar-refractivity contribution is 5.83. The van der Waals surface area contributed by atoms with E-state index in [0.717, 1.165) is 6.54 Å². The van der Waals surface area contributed by atoms with Gasteiger partial charge >= 0.3 is 0 Å². The third-order valence-corrected chi connectivity index (χ3v) is 2.79. The van der Waals surface area contributed by atoms with Crippen molar-refractivity contribution in [1.82, 2.24) is 4.90 Å². The zero-order valence-electron chi connectivity index (χ0n) is 8.73. The molecule has 2 rings (SSSR count). The maximum Gasteiger partial charge on any atom is 0.148 e. The molecule has 0 spiro atoms. The fourth-order valence-corrected chi connectivity index (χ4v) is 2.11. The minimum Gasteiger partial charge on any atom is -0.298 e. The Hall–Kier alpha value is -1.41. The highest BCUT2D eigenvalue weighted by Crippen LogP contribution is 2.29. The highest BCUT2D eigenvalue weighted by Gasteiger charge is 2.30. The number of nitrogens with zero attached hydrogens (tertiary/aromatic N) is 1. The van der Waals surface area contributed by atoms with Crippen molar-refractivity contribution in [2.24, 2.45) is 0 Å². The standard InChI is InChI=1S/C13H15NO/c1-2-8-14-10-12(15)9-13(14)11-6-4-3-5-7-11/h2-7,13H,1,8-10H2. The lowest BCUT2D eigenvalue weighted by Crippen LogP contribution is -2.23. The van der Waals surface area contributed by atoms with E-state index in [0.29, 0.717) is 18.7 Å². The minimum atomic E-state index is 0.247. The molecule has 0 radical (unpaired) electrons. The molecule has 1 heterocycles. The summed E-state index contributed by atoms with van der Waals surface area (Å²) in [5.74, 6) is 0.325. The van der Waals surface area contributed by atoms with Crippen LogP contribution in [-0.2, 0) is 4.79 Å². The van der Waals surface area contributed by atoms with Crippen LogP contribution in [0.15, 0.2) is 43.0 Å². The van der Waals surface area contributed by atoms with Gasteiger partial charge in [-0.25, -0.2) is 0 Å². The van der Waals surface area contributed by atoms with E-state index < -0.39 is 0 Å². The normalized spacial score (nSPS) is 21.9. The van der Waals surface area contributed by atoms with E-state index in [1.54, 1.807) is 0 Å². The molecule has 1 saturated heterocycles. The first-order valence-corrected chi connectivity index (χ1v) is 5.23. The summed E-state index contributed by atoms with van der Waals surface area (Å²) in [6.07, 6.45) is 2.49. The van der Waals surface area contributed by atoms with Crippen LogP contribution in [-0.4, -0.2) is 23.8 Å². The van der Waals surface area contributed by atoms with Crippen LogP contribution in [0.2, 0.25) is 0 Å². The van der Waals surface area contributed by atoms with Gasteiger partial charge in [-0.3, -0.25) is 9.69 Å². The predicted octanol–water partition coefficient (Wildman–Crippen LogP) is 2.19. The van der Waals surface area contributed by atoms with E-state index in [1.807, 2.05) is 24.3 Å². The maximum atomic E-state index is 11.4. The molecule has 1 aliphatic rings. The summed E-state index contributed by atoms with van der Waals surface area (Å²) in [6, 6.07) is 10.4. The van der Waals surface area contributed by atoms with Crippen molar-refractivity contribution in [2.75, 3.05) is 13.1 Å². The van der Waals surface area contributed by atoms with Crippen LogP contribution in [0, 0.1) is 0 Å². The predicted molar refractivity (Wildman–Crippen MR) is 60.6 cm³/mol. The molecule has 1 unspecified atom stereocenters. The van der Waals surface area contributed by atoms with Crippen molar-refractivity contribution in [3.05, 3.63) is 48.6 Å². The van der Waals surface area contributed by atoms with Gasteiger partial charge in [-0.2, -0.15) is 0 Å². The average Bonchev–Trinajstić information content (AvgIpc) is 2.62. The van der Waals surface area contributed by atoms with Crippen LogP contribution in [0.5, 0.6) is 0 Å². The van der Waals surface area contributed by atoms with Gasteiger partial charge in [-0.05, 0) is 5.56 Å². The zero-order chi connectivity index (χ0) is 10.7. The molecule has 0 amide bonds. The first-order chi connectivity index (χ1) is 7.31. The Morgan fingerprint density at radius 1 is 1.40 bits per heavy atom. The van der Waals surface area contributed by atoms with Gasteiger partial charge in [0.05, 0.1) is 6.54 Å². The van der Waals surface area contributed by atoms with Gasteiger partial charge in [0.15, 0.2) is 0 Å². The lowest BCUT2D eigenvalue weighted by atomic mass is 10.0. The van der Waals surface area contributed by atoms with Crippen molar-refractivity contribution in [3.63, 3.8) is 0 Å². The van der Waals surface area contributed by atoms with E-state index in [2.05, 4.69) is 23.6 Å². The number of Topliss-reactive ketones (excluding diaryl/α,β-unsaturated/α-hetero) is 1. The van der Waals surface area contributed by atoms with Crippen molar-refractivity contribution in [3.8, 4) is 0 Å². The number of likely N-dealkylation sites (tertiary alicyclic amines) is 1. The monoisotopic (exact) mass is 201 g/mol. The third-order valence-electron chi connectivity index (χ3n) is 2.79. The highest BCUT2D eigenvalue weighted by atomic mass is 16.1. The molecule has 78 valence electrons. The molecule has 0 aromatic heterocycles. The Kier molecular flexibility index (Phi) is 2.97. The summed E-state index contributed by atoms with van der Waals surface area (Å²) < 4.78 is 0. The maximum absolute atomic E-state index is 11.4. The van der Waals surface area contributed by atoms with Crippen LogP contribution in [0.25, 0.3) is 0 Å². The lowest BCUT2D eigenvalue weighted by Gasteiger charge is -2.22. The van der Waals surface area contributed by atoms with Crippen LogP contribution in [0.3, 0.4) is 0 Å². The Morgan fingerprint density at radius 3 is 2.80 bits per heavy atom. The lowest BCUT2D eigenvalue weighted by molar-refractivity contribution is -0.116. The smallest absolute Gasteiger partial charge is 0.148 e. The van der Waals surface area contributed by atoms with E-state index >= 15 is 0 Å². The largest absolute Gasteiger partial charge is 0.298 e. The number of carbonyl (C=O) groups excluding carboxylic acids is 1. The van der Waals surface area contributed by atoms with E-state index in [4.69, 9.17) is 0 Å². The first-order valence-electron chi connectivity index (χ1n) is 5.23. The number of rotatable bonds is 3. The van der Waals surface area contributed by atoms with E-state index in [-0.39, 0.29) is 6.04 Å². The molecule has 2 nitrogen and oxygen atoms in total. The summed E-state index contributed by atoms with van der Waals surface area (Å²) in [5, 5.41) is 0. The summed E-state index contributed by atoms with van der Waals surface area (Å²) >= 11 is 0. The number of carbonyl (C=O) groups is 1. The molecule has 1 aliphatic heterocycles. The molecule has 1 atom stereocenters. The fourth-order valence-electron chi connectivity index (χ4n) is 2.11. The van der Waals surface area contributed by atoms with Crippen molar-refractivity contribution in [2.45, 2.75) is 12.5 Å². The summed E-state index contributed by atoms with van der Waals surface area (Å²) in [7, 11) is 0. The van der Waals surface area contributed by atoms with Gasteiger partial charge in [-0.15, -0.1) is 6.58 Å². The molecule has 2 heteroatoms. The van der Waals surface area contributed by atoms with Crippen molar-refractivity contribution < 1.29 is 4.79 Å². The van der Waals surface area contributed by atoms with Crippen LogP contribution < -0.4 is 0 Å². The summed E-state index contributed by atoms with van der Waals surface area (Å²) in [5.41, 5.74) is 1.23. The fraction of sp³-hybridized carbons (Fsp3) is 0.308. The van der Waals surface area contributed by atoms with Gasteiger partial charge in [0, 0.05) is 19.0 Å². The molecular weight excluding hydrogens is 186 g/mol. The van der Waals surface area contributed by atoms with Gasteiger partial charge in [-0.1, -0.05) is 36.4 Å². The number of hydrogen-bond donors (Lipinski definition) is 0. The SMILES string of the molecule is C=CCN1CC(=O)CC1c1ccccc1. The topological polar surface area (TPSA) is 20.3 Å². The first kappa shape index (κ1) is 10.1. The van der Waals surface area contributed by atoms with Gasteiger partial charge < -0.3 is 0 Å². The van der Waals surface area contributed by atoms with Crippen LogP contribution >= 0.6 is 0 Å². The Labute approximate surface area is 90.2 Å². The second-order valence-electron chi connectivity index (χ2n) is 3.89. The molecule has 1 aromatic rings. The molecule has 1 aromatic carbocycles. The minimum absolute atomic E-state index is 0.247. The second kappa shape index (κ2) is 4.41. The average molecular weight is 201 g/mol. The molecule has 1 fully saturated rings.